The Morgan fingerprint density at radius 3 is 2.63 bits per heavy atom. The molecule has 0 bridgehead atoms. The molecule has 0 fully saturated rings. The second kappa shape index (κ2) is 7.72. The third kappa shape index (κ3) is 5.80. The highest BCUT2D eigenvalue weighted by Gasteiger charge is 2.14. The highest BCUT2D eigenvalue weighted by Crippen LogP contribution is 2.15. The van der Waals surface area contributed by atoms with E-state index in [0.29, 0.717) is 6.54 Å². The molecule has 0 atom stereocenters. The van der Waals surface area contributed by atoms with E-state index >= 15 is 0 Å². The Kier molecular flexibility index (Phi) is 6.60. The standard InChI is InChI=1S/C12H19FN2O2S2/c1-18-6-4-2-3-5-15-19(16,17)12-8-10(13)7-11(14)9-12/h7-9,15H,2-6,14H2,1H3. The van der Waals surface area contributed by atoms with Gasteiger partial charge in [0.25, 0.3) is 0 Å². The van der Waals surface area contributed by atoms with Gasteiger partial charge in [-0.25, -0.2) is 17.5 Å². The van der Waals surface area contributed by atoms with Crippen molar-refractivity contribution in [3.05, 3.63) is 24.0 Å². The van der Waals surface area contributed by atoms with E-state index in [1.165, 1.54) is 6.07 Å². The Morgan fingerprint density at radius 1 is 1.26 bits per heavy atom. The fraction of sp³-hybridized carbons (Fsp3) is 0.500. The minimum atomic E-state index is -3.67. The highest BCUT2D eigenvalue weighted by atomic mass is 32.2. The predicted molar refractivity (Wildman–Crippen MR) is 78.2 cm³/mol. The molecule has 0 amide bonds. The number of nitrogens with one attached hydrogen (secondary N) is 1. The summed E-state index contributed by atoms with van der Waals surface area (Å²) in [7, 11) is -3.67. The van der Waals surface area contributed by atoms with Crippen LogP contribution in [0.25, 0.3) is 0 Å². The Bertz CT molecular complexity index is 486. The summed E-state index contributed by atoms with van der Waals surface area (Å²) in [6.45, 7) is 0.354. The molecule has 108 valence electrons. The molecule has 1 rings (SSSR count). The summed E-state index contributed by atoms with van der Waals surface area (Å²) in [5, 5.41) is 0. The lowest BCUT2D eigenvalue weighted by Gasteiger charge is -2.07. The van der Waals surface area contributed by atoms with Crippen molar-refractivity contribution >= 4 is 27.5 Å². The molecule has 0 radical (unpaired) electrons. The minimum absolute atomic E-state index is 0.0975. The van der Waals surface area contributed by atoms with Gasteiger partial charge in [-0.3, -0.25) is 0 Å². The molecule has 0 aliphatic heterocycles. The molecule has 0 aliphatic rings. The Hall–Kier alpha value is -0.790. The van der Waals surface area contributed by atoms with Gasteiger partial charge < -0.3 is 5.73 Å². The number of nitrogen functional groups attached to an aromatic ring is 1. The van der Waals surface area contributed by atoms with Gasteiger partial charge in [0.2, 0.25) is 10.0 Å². The van der Waals surface area contributed by atoms with Crippen LogP contribution in [0.5, 0.6) is 0 Å². The van der Waals surface area contributed by atoms with Crippen molar-refractivity contribution in [3.63, 3.8) is 0 Å². The summed E-state index contributed by atoms with van der Waals surface area (Å²) in [5.74, 6) is 0.424. The van der Waals surface area contributed by atoms with Crippen LogP contribution in [0.2, 0.25) is 0 Å². The molecule has 0 saturated heterocycles. The first-order chi connectivity index (χ1) is 8.95. The van der Waals surface area contributed by atoms with Crippen LogP contribution < -0.4 is 10.5 Å². The molecule has 7 heteroatoms. The van der Waals surface area contributed by atoms with Crippen molar-refractivity contribution in [2.75, 3.05) is 24.3 Å². The summed E-state index contributed by atoms with van der Waals surface area (Å²) >= 11 is 1.77. The number of nitrogens with two attached hydrogens (primary N) is 1. The van der Waals surface area contributed by atoms with E-state index in [4.69, 9.17) is 5.73 Å². The third-order valence-corrected chi connectivity index (χ3v) is 4.66. The van der Waals surface area contributed by atoms with E-state index in [1.54, 1.807) is 11.8 Å². The van der Waals surface area contributed by atoms with Gasteiger partial charge in [0.15, 0.2) is 0 Å². The lowest BCUT2D eigenvalue weighted by Crippen LogP contribution is -2.25. The van der Waals surface area contributed by atoms with Crippen LogP contribution in [0.15, 0.2) is 23.1 Å². The average Bonchev–Trinajstić information content (AvgIpc) is 2.32. The van der Waals surface area contributed by atoms with Crippen LogP contribution in [0.4, 0.5) is 10.1 Å². The maximum absolute atomic E-state index is 13.1. The molecule has 0 unspecified atom stereocenters. The quantitative estimate of drug-likeness (QED) is 0.570. The van der Waals surface area contributed by atoms with Gasteiger partial charge in [-0.05, 0) is 43.0 Å². The van der Waals surface area contributed by atoms with Crippen LogP contribution in [-0.2, 0) is 10.0 Å². The van der Waals surface area contributed by atoms with Crippen molar-refractivity contribution in [3.8, 4) is 0 Å². The maximum atomic E-state index is 13.1. The largest absolute Gasteiger partial charge is 0.399 e. The zero-order chi connectivity index (χ0) is 14.3. The van der Waals surface area contributed by atoms with E-state index in [0.717, 1.165) is 37.1 Å². The summed E-state index contributed by atoms with van der Waals surface area (Å²) in [4.78, 5) is -0.130. The average molecular weight is 306 g/mol. The smallest absolute Gasteiger partial charge is 0.240 e. The van der Waals surface area contributed by atoms with Crippen molar-refractivity contribution < 1.29 is 12.8 Å². The first-order valence-corrected chi connectivity index (χ1v) is 8.88. The number of hydrogen-bond donors (Lipinski definition) is 2. The highest BCUT2D eigenvalue weighted by molar-refractivity contribution is 7.98. The van der Waals surface area contributed by atoms with E-state index in [9.17, 15) is 12.8 Å². The van der Waals surface area contributed by atoms with E-state index < -0.39 is 15.8 Å². The Morgan fingerprint density at radius 2 is 2.00 bits per heavy atom. The molecule has 3 N–H and O–H groups in total. The summed E-state index contributed by atoms with van der Waals surface area (Å²) in [5.41, 5.74) is 5.53. The number of hydrogen-bond acceptors (Lipinski definition) is 4. The molecule has 0 saturated carbocycles. The third-order valence-electron chi connectivity index (χ3n) is 2.52. The topological polar surface area (TPSA) is 72.2 Å². The van der Waals surface area contributed by atoms with Gasteiger partial charge in [-0.1, -0.05) is 6.42 Å². The van der Waals surface area contributed by atoms with Crippen molar-refractivity contribution in [1.29, 1.82) is 0 Å². The zero-order valence-corrected chi connectivity index (χ0v) is 12.5. The molecule has 0 spiro atoms. The first kappa shape index (κ1) is 16.3. The predicted octanol–water partition coefficient (Wildman–Crippen LogP) is 2.22. The fourth-order valence-electron chi connectivity index (χ4n) is 1.58. The first-order valence-electron chi connectivity index (χ1n) is 6.00. The van der Waals surface area contributed by atoms with Crippen LogP contribution >= 0.6 is 11.8 Å². The Labute approximate surface area is 118 Å². The molecule has 19 heavy (non-hydrogen) atoms. The van der Waals surface area contributed by atoms with Gasteiger partial charge in [0, 0.05) is 12.2 Å². The number of anilines is 1. The van der Waals surface area contributed by atoms with E-state index in [-0.39, 0.29) is 10.6 Å². The number of benzene rings is 1. The molecule has 0 aliphatic carbocycles. The second-order valence-electron chi connectivity index (χ2n) is 4.17. The molecule has 0 heterocycles. The molecule has 4 nitrogen and oxygen atoms in total. The van der Waals surface area contributed by atoms with Gasteiger partial charge in [-0.15, -0.1) is 0 Å². The van der Waals surface area contributed by atoms with Crippen LogP contribution in [0.1, 0.15) is 19.3 Å². The number of unbranched alkanes of at least 4 members (excludes halogenated alkanes) is 2. The second-order valence-corrected chi connectivity index (χ2v) is 6.92. The van der Waals surface area contributed by atoms with E-state index in [1.807, 2.05) is 6.26 Å². The normalized spacial score (nSPS) is 11.7. The van der Waals surface area contributed by atoms with Crippen LogP contribution in [0.3, 0.4) is 0 Å². The Balaban J connectivity index is 2.51. The van der Waals surface area contributed by atoms with Crippen molar-refractivity contribution in [1.82, 2.24) is 4.72 Å². The lowest BCUT2D eigenvalue weighted by atomic mass is 10.2. The zero-order valence-electron chi connectivity index (χ0n) is 10.9. The number of rotatable bonds is 8. The number of halogens is 1. The van der Waals surface area contributed by atoms with Gasteiger partial charge in [0.05, 0.1) is 4.90 Å². The fourth-order valence-corrected chi connectivity index (χ4v) is 3.21. The number of sulfonamides is 1. The lowest BCUT2D eigenvalue weighted by molar-refractivity contribution is 0.573. The molecular weight excluding hydrogens is 287 g/mol. The summed E-state index contributed by atoms with van der Waals surface area (Å²) in [6.07, 6.45) is 4.84. The van der Waals surface area contributed by atoms with Crippen molar-refractivity contribution in [2.45, 2.75) is 24.2 Å². The summed E-state index contributed by atoms with van der Waals surface area (Å²) in [6, 6.07) is 3.30. The molecule has 0 aromatic heterocycles. The van der Waals surface area contributed by atoms with Gasteiger partial charge in [-0.2, -0.15) is 11.8 Å². The monoisotopic (exact) mass is 306 g/mol. The SMILES string of the molecule is CSCCCCCNS(=O)(=O)c1cc(N)cc(F)c1. The van der Waals surface area contributed by atoms with Gasteiger partial charge >= 0.3 is 0 Å². The number of thioether (sulfide) groups is 1. The van der Waals surface area contributed by atoms with E-state index in [2.05, 4.69) is 4.72 Å². The van der Waals surface area contributed by atoms with Crippen LogP contribution in [0, 0.1) is 5.82 Å². The van der Waals surface area contributed by atoms with Crippen molar-refractivity contribution in [2.24, 2.45) is 0 Å². The minimum Gasteiger partial charge on any atom is -0.399 e. The maximum Gasteiger partial charge on any atom is 0.240 e. The molecule has 1 aromatic carbocycles. The van der Waals surface area contributed by atoms with Gasteiger partial charge in [0.1, 0.15) is 5.82 Å². The summed E-state index contributed by atoms with van der Waals surface area (Å²) < 4.78 is 39.3. The molecular formula is C12H19FN2O2S2. The molecule has 1 aromatic rings. The van der Waals surface area contributed by atoms with Crippen LogP contribution in [-0.4, -0.2) is 27.0 Å².